The maximum absolute atomic E-state index is 13.3. The molecule has 16 heavy (non-hydrogen) atoms. The first kappa shape index (κ1) is 12.1. The van der Waals surface area contributed by atoms with Gasteiger partial charge in [-0.2, -0.15) is 4.39 Å². The maximum atomic E-state index is 13.3. The van der Waals surface area contributed by atoms with Crippen molar-refractivity contribution in [3.05, 3.63) is 23.8 Å². The lowest BCUT2D eigenvalue weighted by Gasteiger charge is -2.06. The van der Waals surface area contributed by atoms with E-state index >= 15 is 0 Å². The molecule has 0 spiro atoms. The van der Waals surface area contributed by atoms with Gasteiger partial charge in [0, 0.05) is 6.20 Å². The van der Waals surface area contributed by atoms with Crippen LogP contribution in [0.5, 0.6) is 5.75 Å². The Balaban J connectivity index is 3.12. The molecule has 1 aromatic heterocycles. The molecular formula is C10H10FNO4. The molecule has 0 unspecified atom stereocenters. The van der Waals surface area contributed by atoms with E-state index in [2.05, 4.69) is 9.72 Å². The molecule has 0 aliphatic carbocycles. The lowest BCUT2D eigenvalue weighted by molar-refractivity contribution is -0.137. The van der Waals surface area contributed by atoms with E-state index in [0.29, 0.717) is 0 Å². The van der Waals surface area contributed by atoms with Gasteiger partial charge in [0.25, 0.3) is 5.78 Å². The highest BCUT2D eigenvalue weighted by Crippen LogP contribution is 2.20. The second-order valence-electron chi connectivity index (χ2n) is 2.73. The lowest BCUT2D eigenvalue weighted by Crippen LogP contribution is -2.20. The Morgan fingerprint density at radius 3 is 2.75 bits per heavy atom. The van der Waals surface area contributed by atoms with Crippen LogP contribution in [0.25, 0.3) is 0 Å². The summed E-state index contributed by atoms with van der Waals surface area (Å²) in [6.07, 6.45) is 1.14. The topological polar surface area (TPSA) is 65.5 Å². The zero-order valence-corrected chi connectivity index (χ0v) is 8.82. The van der Waals surface area contributed by atoms with Crippen molar-refractivity contribution < 1.29 is 23.5 Å². The first-order valence-electron chi connectivity index (χ1n) is 4.51. The average Bonchev–Trinajstić information content (AvgIpc) is 2.28. The third kappa shape index (κ3) is 2.33. The van der Waals surface area contributed by atoms with E-state index in [9.17, 15) is 14.0 Å². The molecular weight excluding hydrogens is 217 g/mol. The Morgan fingerprint density at radius 1 is 1.50 bits per heavy atom. The Hall–Kier alpha value is -1.98. The third-order valence-electron chi connectivity index (χ3n) is 1.77. The highest BCUT2D eigenvalue weighted by molar-refractivity contribution is 6.41. The van der Waals surface area contributed by atoms with Crippen molar-refractivity contribution >= 4 is 11.8 Å². The van der Waals surface area contributed by atoms with Crippen LogP contribution in [-0.4, -0.2) is 30.5 Å². The van der Waals surface area contributed by atoms with Crippen molar-refractivity contribution in [2.45, 2.75) is 6.92 Å². The minimum atomic E-state index is -1.13. The molecule has 0 aliphatic rings. The van der Waals surface area contributed by atoms with Gasteiger partial charge in [-0.15, -0.1) is 0 Å². The van der Waals surface area contributed by atoms with Crippen molar-refractivity contribution in [3.8, 4) is 5.75 Å². The number of hydrogen-bond donors (Lipinski definition) is 0. The molecule has 0 saturated carbocycles. The molecule has 0 fully saturated rings. The summed E-state index contributed by atoms with van der Waals surface area (Å²) in [5.41, 5.74) is -0.511. The number of carbonyl (C=O) groups is 2. The molecule has 0 aliphatic heterocycles. The van der Waals surface area contributed by atoms with Crippen LogP contribution in [0.2, 0.25) is 0 Å². The summed E-state index contributed by atoms with van der Waals surface area (Å²) in [5.74, 6) is -3.35. The highest BCUT2D eigenvalue weighted by atomic mass is 19.1. The zero-order chi connectivity index (χ0) is 12.1. The van der Waals surface area contributed by atoms with Crippen LogP contribution < -0.4 is 4.74 Å². The van der Waals surface area contributed by atoms with Crippen molar-refractivity contribution in [2.75, 3.05) is 13.7 Å². The fourth-order valence-electron chi connectivity index (χ4n) is 1.09. The monoisotopic (exact) mass is 227 g/mol. The van der Waals surface area contributed by atoms with Crippen LogP contribution in [-0.2, 0) is 9.53 Å². The summed E-state index contributed by atoms with van der Waals surface area (Å²) in [4.78, 5) is 25.9. The predicted octanol–water partition coefficient (Wildman–Crippen LogP) is 0.975. The number of aromatic nitrogens is 1. The molecule has 0 saturated heterocycles. The zero-order valence-electron chi connectivity index (χ0n) is 8.82. The quantitative estimate of drug-likeness (QED) is 0.332. The van der Waals surface area contributed by atoms with E-state index < -0.39 is 23.3 Å². The summed E-state index contributed by atoms with van der Waals surface area (Å²) < 4.78 is 22.5. The Labute approximate surface area is 91.2 Å². The van der Waals surface area contributed by atoms with E-state index in [4.69, 9.17) is 4.74 Å². The minimum absolute atomic E-state index is 0.0365. The van der Waals surface area contributed by atoms with Gasteiger partial charge < -0.3 is 9.47 Å². The van der Waals surface area contributed by atoms with Crippen molar-refractivity contribution in [2.24, 2.45) is 0 Å². The Morgan fingerprint density at radius 2 is 2.19 bits per heavy atom. The van der Waals surface area contributed by atoms with Gasteiger partial charge in [-0.05, 0) is 13.0 Å². The Bertz CT molecular complexity index is 419. The van der Waals surface area contributed by atoms with Crippen LogP contribution in [0.4, 0.5) is 4.39 Å². The van der Waals surface area contributed by atoms with Gasteiger partial charge in [0.2, 0.25) is 5.95 Å². The number of halogens is 1. The second kappa shape index (κ2) is 5.20. The number of pyridine rings is 1. The fourth-order valence-corrected chi connectivity index (χ4v) is 1.09. The van der Waals surface area contributed by atoms with E-state index in [-0.39, 0.29) is 12.4 Å². The fraction of sp³-hybridized carbons (Fsp3) is 0.300. The van der Waals surface area contributed by atoms with Gasteiger partial charge >= 0.3 is 5.97 Å². The number of nitrogens with zero attached hydrogens (tertiary/aromatic N) is 1. The highest BCUT2D eigenvalue weighted by Gasteiger charge is 2.26. The largest absolute Gasteiger partial charge is 0.496 e. The van der Waals surface area contributed by atoms with Crippen LogP contribution in [0.1, 0.15) is 17.3 Å². The molecule has 5 nitrogen and oxygen atoms in total. The van der Waals surface area contributed by atoms with Gasteiger partial charge in [0.15, 0.2) is 0 Å². The number of Topliss-reactive ketones (excluding diaryl/α,β-unsaturated/α-hetero) is 1. The number of esters is 1. The summed E-state index contributed by atoms with van der Waals surface area (Å²) >= 11 is 0. The SMILES string of the molecule is CCOC(=O)C(=O)c1c(OC)ccnc1F. The molecule has 86 valence electrons. The van der Waals surface area contributed by atoms with Gasteiger partial charge in [-0.1, -0.05) is 0 Å². The van der Waals surface area contributed by atoms with E-state index in [1.165, 1.54) is 13.2 Å². The molecule has 1 rings (SSSR count). The molecule has 0 N–H and O–H groups in total. The molecule has 0 radical (unpaired) electrons. The first-order valence-corrected chi connectivity index (χ1v) is 4.51. The van der Waals surface area contributed by atoms with Crippen LogP contribution >= 0.6 is 0 Å². The molecule has 0 bridgehead atoms. The summed E-state index contributed by atoms with van der Waals surface area (Å²) in [7, 11) is 1.26. The standard InChI is InChI=1S/C10H10FNO4/c1-3-16-10(14)8(13)7-6(15-2)4-5-12-9(7)11/h4-5H,3H2,1-2H3. The molecule has 1 heterocycles. The second-order valence-corrected chi connectivity index (χ2v) is 2.73. The average molecular weight is 227 g/mol. The maximum Gasteiger partial charge on any atom is 0.379 e. The number of ether oxygens (including phenoxy) is 2. The molecule has 0 aromatic carbocycles. The van der Waals surface area contributed by atoms with Crippen LogP contribution in [0, 0.1) is 5.95 Å². The summed E-state index contributed by atoms with van der Waals surface area (Å²) in [6.45, 7) is 1.58. The number of carbonyl (C=O) groups excluding carboxylic acids is 2. The third-order valence-corrected chi connectivity index (χ3v) is 1.77. The molecule has 0 amide bonds. The minimum Gasteiger partial charge on any atom is -0.496 e. The van der Waals surface area contributed by atoms with Gasteiger partial charge in [-0.3, -0.25) is 4.79 Å². The van der Waals surface area contributed by atoms with Crippen LogP contribution in [0.15, 0.2) is 12.3 Å². The number of hydrogen-bond acceptors (Lipinski definition) is 5. The number of rotatable bonds is 4. The van der Waals surface area contributed by atoms with Crippen LogP contribution in [0.3, 0.4) is 0 Å². The van der Waals surface area contributed by atoms with Crippen molar-refractivity contribution in [3.63, 3.8) is 0 Å². The summed E-state index contributed by atoms with van der Waals surface area (Å²) in [6, 6.07) is 1.29. The van der Waals surface area contributed by atoms with Crippen molar-refractivity contribution in [1.82, 2.24) is 4.98 Å². The Kier molecular flexibility index (Phi) is 3.93. The van der Waals surface area contributed by atoms with E-state index in [1.54, 1.807) is 6.92 Å². The number of ketones is 1. The molecule has 1 aromatic rings. The predicted molar refractivity (Wildman–Crippen MR) is 51.7 cm³/mol. The molecule has 0 atom stereocenters. The van der Waals surface area contributed by atoms with E-state index in [0.717, 1.165) is 6.20 Å². The number of methoxy groups -OCH3 is 1. The van der Waals surface area contributed by atoms with Gasteiger partial charge in [0.1, 0.15) is 11.3 Å². The molecule has 6 heteroatoms. The first-order chi connectivity index (χ1) is 7.61. The lowest BCUT2D eigenvalue weighted by atomic mass is 10.1. The summed E-state index contributed by atoms with van der Waals surface area (Å²) in [5, 5.41) is 0. The van der Waals surface area contributed by atoms with Crippen molar-refractivity contribution in [1.29, 1.82) is 0 Å². The van der Waals surface area contributed by atoms with E-state index in [1.807, 2.05) is 0 Å². The smallest absolute Gasteiger partial charge is 0.379 e. The normalized spacial score (nSPS) is 9.69. The van der Waals surface area contributed by atoms with Gasteiger partial charge in [-0.25, -0.2) is 9.78 Å². The van der Waals surface area contributed by atoms with Gasteiger partial charge in [0.05, 0.1) is 13.7 Å².